The van der Waals surface area contributed by atoms with Gasteiger partial charge in [0, 0.05) is 18.1 Å². The number of benzene rings is 2. The van der Waals surface area contributed by atoms with E-state index in [1.165, 1.54) is 11.3 Å². The number of ether oxygens (including phenoxy) is 1. The van der Waals surface area contributed by atoms with Crippen molar-refractivity contribution >= 4 is 29.0 Å². The maximum absolute atomic E-state index is 13.7. The van der Waals surface area contributed by atoms with Gasteiger partial charge in [-0.2, -0.15) is 0 Å². The number of carbonyl (C=O) groups is 1. The number of hydrogen-bond acceptors (Lipinski definition) is 6. The molecule has 0 bridgehead atoms. The summed E-state index contributed by atoms with van der Waals surface area (Å²) in [6.07, 6.45) is 5.19. The van der Waals surface area contributed by atoms with E-state index in [9.17, 15) is 9.59 Å². The van der Waals surface area contributed by atoms with Crippen molar-refractivity contribution in [2.45, 2.75) is 19.9 Å². The van der Waals surface area contributed by atoms with Gasteiger partial charge in [-0.1, -0.05) is 47.7 Å². The number of fused-ring (bicyclic) bond motifs is 1. The van der Waals surface area contributed by atoms with E-state index in [0.29, 0.717) is 32.9 Å². The lowest BCUT2D eigenvalue weighted by Crippen LogP contribution is -2.40. The summed E-state index contributed by atoms with van der Waals surface area (Å²) in [5.74, 6) is 0.420. The Bertz CT molecular complexity index is 1610. The molecule has 0 radical (unpaired) electrons. The van der Waals surface area contributed by atoms with Gasteiger partial charge in [-0.3, -0.25) is 19.1 Å². The van der Waals surface area contributed by atoms with Crippen LogP contribution in [0.2, 0.25) is 0 Å². The summed E-state index contributed by atoms with van der Waals surface area (Å²) >= 11 is 1.30. The van der Waals surface area contributed by atoms with Gasteiger partial charge in [0.15, 0.2) is 4.80 Å². The third-order valence-electron chi connectivity index (χ3n) is 5.79. The molecule has 1 aliphatic heterocycles. The Kier molecular flexibility index (Phi) is 6.60. The monoisotopic (exact) mass is 496 g/mol. The first-order valence-electron chi connectivity index (χ1n) is 11.6. The fourth-order valence-corrected chi connectivity index (χ4v) is 5.22. The highest BCUT2D eigenvalue weighted by Crippen LogP contribution is 2.31. The number of aromatic nitrogens is 2. The molecule has 2 aromatic heterocycles. The molecule has 2 aromatic carbocycles. The minimum Gasteiger partial charge on any atom is -0.494 e. The molecule has 4 aromatic rings. The zero-order valence-electron chi connectivity index (χ0n) is 19.8. The number of rotatable bonds is 6. The molecule has 1 atom stereocenters. The van der Waals surface area contributed by atoms with Crippen LogP contribution in [0.1, 0.15) is 31.0 Å². The van der Waals surface area contributed by atoms with Crippen LogP contribution in [0, 0.1) is 0 Å². The summed E-state index contributed by atoms with van der Waals surface area (Å²) < 4.78 is 7.73. The van der Waals surface area contributed by atoms with Gasteiger partial charge in [0.2, 0.25) is 0 Å². The average Bonchev–Trinajstić information content (AvgIpc) is 3.19. The molecule has 180 valence electrons. The van der Waals surface area contributed by atoms with Crippen molar-refractivity contribution in [1.82, 2.24) is 9.55 Å². The van der Waals surface area contributed by atoms with Crippen LogP contribution in [-0.2, 0) is 4.79 Å². The van der Waals surface area contributed by atoms with Crippen LogP contribution in [-0.4, -0.2) is 22.1 Å². The second kappa shape index (κ2) is 10.1. The molecule has 0 saturated carbocycles. The van der Waals surface area contributed by atoms with Crippen LogP contribution in [0.15, 0.2) is 100 Å². The Labute approximate surface area is 211 Å². The van der Waals surface area contributed by atoms with Crippen LogP contribution in [0.3, 0.4) is 0 Å². The van der Waals surface area contributed by atoms with Crippen molar-refractivity contribution in [3.63, 3.8) is 0 Å². The lowest BCUT2D eigenvalue weighted by molar-refractivity contribution is -0.113. The zero-order valence-corrected chi connectivity index (χ0v) is 20.7. The molecule has 7 nitrogen and oxygen atoms in total. The van der Waals surface area contributed by atoms with Gasteiger partial charge in [0.05, 0.1) is 28.5 Å². The van der Waals surface area contributed by atoms with Crippen LogP contribution in [0.4, 0.5) is 5.69 Å². The zero-order chi connectivity index (χ0) is 25.1. The molecule has 0 aliphatic carbocycles. The van der Waals surface area contributed by atoms with Crippen LogP contribution in [0.25, 0.3) is 6.08 Å². The van der Waals surface area contributed by atoms with E-state index >= 15 is 0 Å². The number of pyridine rings is 1. The highest BCUT2D eigenvalue weighted by atomic mass is 32.1. The quantitative estimate of drug-likeness (QED) is 0.441. The summed E-state index contributed by atoms with van der Waals surface area (Å²) in [5, 5.41) is 2.96. The van der Waals surface area contributed by atoms with E-state index in [2.05, 4.69) is 15.3 Å². The van der Waals surface area contributed by atoms with Gasteiger partial charge in [-0.15, -0.1) is 0 Å². The van der Waals surface area contributed by atoms with E-state index < -0.39 is 6.04 Å². The summed E-state index contributed by atoms with van der Waals surface area (Å²) in [6, 6.07) is 19.8. The van der Waals surface area contributed by atoms with Crippen molar-refractivity contribution in [3.05, 3.63) is 121 Å². The van der Waals surface area contributed by atoms with Gasteiger partial charge in [0.1, 0.15) is 5.75 Å². The lowest BCUT2D eigenvalue weighted by atomic mass is 9.95. The Morgan fingerprint density at radius 1 is 1.11 bits per heavy atom. The van der Waals surface area contributed by atoms with Crippen LogP contribution < -0.4 is 24.9 Å². The number of anilines is 1. The normalized spacial score (nSPS) is 15.3. The number of allylic oxidation sites excluding steroid dienone is 1. The first-order chi connectivity index (χ1) is 17.5. The first kappa shape index (κ1) is 23.4. The smallest absolute Gasteiger partial charge is 0.271 e. The Morgan fingerprint density at radius 3 is 2.58 bits per heavy atom. The molecule has 1 aliphatic rings. The summed E-state index contributed by atoms with van der Waals surface area (Å²) in [5.41, 5.74) is 3.05. The van der Waals surface area contributed by atoms with Gasteiger partial charge in [-0.25, -0.2) is 4.99 Å². The van der Waals surface area contributed by atoms with Crippen LogP contribution in [0.5, 0.6) is 5.75 Å². The molecule has 1 N–H and O–H groups in total. The van der Waals surface area contributed by atoms with Gasteiger partial charge in [-0.05, 0) is 61.4 Å². The molecule has 1 amide bonds. The number of nitrogens with one attached hydrogen (secondary N) is 1. The molecule has 36 heavy (non-hydrogen) atoms. The van der Waals surface area contributed by atoms with E-state index in [0.717, 1.165) is 16.9 Å². The second-order valence-corrected chi connectivity index (χ2v) is 9.20. The third-order valence-corrected chi connectivity index (χ3v) is 6.77. The molecule has 0 saturated heterocycles. The number of amides is 1. The lowest BCUT2D eigenvalue weighted by Gasteiger charge is -2.25. The number of thiazole rings is 1. The highest BCUT2D eigenvalue weighted by Gasteiger charge is 2.32. The molecule has 0 unspecified atom stereocenters. The van der Waals surface area contributed by atoms with Gasteiger partial charge < -0.3 is 10.1 Å². The summed E-state index contributed by atoms with van der Waals surface area (Å²) in [7, 11) is 0. The Hall–Kier alpha value is -4.30. The Balaban J connectivity index is 1.66. The fourth-order valence-electron chi connectivity index (χ4n) is 4.17. The molecule has 0 spiro atoms. The average molecular weight is 497 g/mol. The molecule has 8 heteroatoms. The number of para-hydroxylation sites is 1. The van der Waals surface area contributed by atoms with Crippen molar-refractivity contribution in [2.24, 2.45) is 4.99 Å². The number of hydrogen-bond donors (Lipinski definition) is 1. The van der Waals surface area contributed by atoms with E-state index in [1.807, 2.05) is 73.7 Å². The minimum atomic E-state index is -0.642. The minimum absolute atomic E-state index is 0.209. The predicted octanol–water partition coefficient (Wildman–Crippen LogP) is 3.67. The Morgan fingerprint density at radius 2 is 1.89 bits per heavy atom. The van der Waals surface area contributed by atoms with Crippen LogP contribution >= 0.6 is 11.3 Å². The molecular formula is C28H24N4O3S. The van der Waals surface area contributed by atoms with E-state index in [1.54, 1.807) is 30.0 Å². The van der Waals surface area contributed by atoms with Crippen molar-refractivity contribution in [2.75, 3.05) is 11.9 Å². The molecule has 5 rings (SSSR count). The number of carbonyl (C=O) groups excluding carboxylic acids is 1. The predicted molar refractivity (Wildman–Crippen MR) is 141 cm³/mol. The largest absolute Gasteiger partial charge is 0.494 e. The van der Waals surface area contributed by atoms with E-state index in [-0.39, 0.29) is 11.5 Å². The molecule has 0 fully saturated rings. The molecular weight excluding hydrogens is 472 g/mol. The molecule has 3 heterocycles. The van der Waals surface area contributed by atoms with Gasteiger partial charge in [0.25, 0.3) is 11.5 Å². The third kappa shape index (κ3) is 4.63. The topological polar surface area (TPSA) is 85.6 Å². The summed E-state index contributed by atoms with van der Waals surface area (Å²) in [6.45, 7) is 4.28. The van der Waals surface area contributed by atoms with Gasteiger partial charge >= 0.3 is 0 Å². The van der Waals surface area contributed by atoms with Crippen molar-refractivity contribution in [1.29, 1.82) is 0 Å². The maximum atomic E-state index is 13.7. The highest BCUT2D eigenvalue weighted by molar-refractivity contribution is 7.07. The van der Waals surface area contributed by atoms with Crippen molar-refractivity contribution < 1.29 is 9.53 Å². The first-order valence-corrected chi connectivity index (χ1v) is 12.4. The standard InChI is InChI=1S/C28H24N4O3S/c1-3-35-22-13-11-20(12-14-22)25-24(26(33)31-21-9-5-4-6-10-21)18(2)30-28-32(25)27(34)23(36-28)16-19-8-7-15-29-17-19/h4-17,25H,3H2,1-2H3,(H,31,33)/b23-16-/t25-/m1/s1. The second-order valence-electron chi connectivity index (χ2n) is 8.19. The van der Waals surface area contributed by atoms with E-state index in [4.69, 9.17) is 4.74 Å². The maximum Gasteiger partial charge on any atom is 0.271 e. The summed E-state index contributed by atoms with van der Waals surface area (Å²) in [4.78, 5) is 36.6. The fraction of sp³-hybridized carbons (Fsp3) is 0.143. The van der Waals surface area contributed by atoms with Crippen molar-refractivity contribution in [3.8, 4) is 5.75 Å². The SMILES string of the molecule is CCOc1ccc([C@@H]2C(C(=O)Nc3ccccc3)=C(C)N=c3s/c(=C\c4cccnc4)c(=O)n32)cc1. The number of nitrogens with zero attached hydrogens (tertiary/aromatic N) is 3.